The van der Waals surface area contributed by atoms with Gasteiger partial charge in [0.05, 0.1) is 4.47 Å². The third kappa shape index (κ3) is 2.44. The van der Waals surface area contributed by atoms with Crippen LogP contribution in [0.25, 0.3) is 0 Å². The maximum atomic E-state index is 13.2. The fourth-order valence-electron chi connectivity index (χ4n) is 2.27. The zero-order valence-corrected chi connectivity index (χ0v) is 10.7. The van der Waals surface area contributed by atoms with Crippen LogP contribution >= 0.6 is 15.9 Å². The molecule has 4 heteroatoms. The van der Waals surface area contributed by atoms with Crippen LogP contribution in [0.4, 0.5) is 4.39 Å². The summed E-state index contributed by atoms with van der Waals surface area (Å²) in [5.74, 6) is -0.221. The zero-order valence-electron chi connectivity index (χ0n) is 9.13. The van der Waals surface area contributed by atoms with Crippen molar-refractivity contribution in [1.82, 2.24) is 4.90 Å². The highest BCUT2D eigenvalue weighted by Gasteiger charge is 2.22. The summed E-state index contributed by atoms with van der Waals surface area (Å²) in [6.07, 6.45) is 2.47. The second kappa shape index (κ2) is 5.25. The maximum absolute atomic E-state index is 13.2. The van der Waals surface area contributed by atoms with Gasteiger partial charge in [-0.05, 0) is 59.6 Å². The van der Waals surface area contributed by atoms with Crippen LogP contribution in [0.15, 0.2) is 22.7 Å². The van der Waals surface area contributed by atoms with Gasteiger partial charge >= 0.3 is 0 Å². The van der Waals surface area contributed by atoms with Crippen LogP contribution in [0, 0.1) is 5.82 Å². The van der Waals surface area contributed by atoms with Crippen molar-refractivity contribution in [2.75, 3.05) is 19.6 Å². The number of hydrogen-bond donors (Lipinski definition) is 1. The van der Waals surface area contributed by atoms with Gasteiger partial charge in [-0.15, -0.1) is 0 Å². The fourth-order valence-corrected chi connectivity index (χ4v) is 2.67. The molecule has 0 spiro atoms. The van der Waals surface area contributed by atoms with E-state index in [2.05, 4.69) is 20.8 Å². The van der Waals surface area contributed by atoms with E-state index in [0.29, 0.717) is 11.0 Å². The van der Waals surface area contributed by atoms with Crippen LogP contribution in [0.1, 0.15) is 24.4 Å². The molecule has 0 bridgehead atoms. The lowest BCUT2D eigenvalue weighted by molar-refractivity contribution is 0.251. The number of halogens is 2. The fraction of sp³-hybridized carbons (Fsp3) is 0.500. The summed E-state index contributed by atoms with van der Waals surface area (Å²) in [7, 11) is 0. The molecule has 0 aromatic heterocycles. The van der Waals surface area contributed by atoms with Gasteiger partial charge in [0.2, 0.25) is 0 Å². The molecule has 1 unspecified atom stereocenters. The first-order chi connectivity index (χ1) is 7.72. The van der Waals surface area contributed by atoms with Gasteiger partial charge in [0.15, 0.2) is 0 Å². The van der Waals surface area contributed by atoms with Crippen molar-refractivity contribution >= 4 is 15.9 Å². The molecule has 88 valence electrons. The van der Waals surface area contributed by atoms with Crippen LogP contribution < -0.4 is 5.73 Å². The van der Waals surface area contributed by atoms with Crippen molar-refractivity contribution < 1.29 is 4.39 Å². The summed E-state index contributed by atoms with van der Waals surface area (Å²) in [4.78, 5) is 2.37. The van der Waals surface area contributed by atoms with Gasteiger partial charge in [-0.2, -0.15) is 0 Å². The Labute approximate surface area is 104 Å². The number of benzene rings is 1. The Morgan fingerprint density at radius 2 is 2.06 bits per heavy atom. The lowest BCUT2D eigenvalue weighted by Crippen LogP contribution is -2.31. The Balaban J connectivity index is 2.22. The lowest BCUT2D eigenvalue weighted by Gasteiger charge is -2.26. The van der Waals surface area contributed by atoms with Gasteiger partial charge in [-0.1, -0.05) is 6.07 Å². The molecule has 1 fully saturated rings. The molecular formula is C12H16BrFN2. The SMILES string of the molecule is NCC(c1ccc(F)c(Br)c1)N1CCCC1. The predicted molar refractivity (Wildman–Crippen MR) is 66.7 cm³/mol. The number of nitrogens with zero attached hydrogens (tertiary/aromatic N) is 1. The average Bonchev–Trinajstić information content (AvgIpc) is 2.78. The number of likely N-dealkylation sites (tertiary alicyclic amines) is 1. The molecule has 2 rings (SSSR count). The molecule has 0 radical (unpaired) electrons. The molecule has 0 amide bonds. The Bertz CT molecular complexity index is 364. The van der Waals surface area contributed by atoms with E-state index < -0.39 is 0 Å². The van der Waals surface area contributed by atoms with E-state index in [4.69, 9.17) is 5.73 Å². The highest BCUT2D eigenvalue weighted by Crippen LogP contribution is 2.27. The monoisotopic (exact) mass is 286 g/mol. The van der Waals surface area contributed by atoms with E-state index in [-0.39, 0.29) is 11.9 Å². The smallest absolute Gasteiger partial charge is 0.137 e. The highest BCUT2D eigenvalue weighted by atomic mass is 79.9. The Morgan fingerprint density at radius 3 is 2.62 bits per heavy atom. The van der Waals surface area contributed by atoms with Crippen LogP contribution in [0.2, 0.25) is 0 Å². The molecule has 2 N–H and O–H groups in total. The first-order valence-electron chi connectivity index (χ1n) is 5.61. The molecule has 1 saturated heterocycles. The Kier molecular flexibility index (Phi) is 3.95. The van der Waals surface area contributed by atoms with Crippen LogP contribution in [0.5, 0.6) is 0 Å². The second-order valence-electron chi connectivity index (χ2n) is 4.17. The number of nitrogens with two attached hydrogens (primary N) is 1. The van der Waals surface area contributed by atoms with Crippen molar-refractivity contribution in [3.05, 3.63) is 34.1 Å². The average molecular weight is 287 g/mol. The molecule has 2 nitrogen and oxygen atoms in total. The molecule has 0 aliphatic carbocycles. The van der Waals surface area contributed by atoms with E-state index in [1.807, 2.05) is 12.1 Å². The van der Waals surface area contributed by atoms with Crippen molar-refractivity contribution in [2.24, 2.45) is 5.73 Å². The molecular weight excluding hydrogens is 271 g/mol. The van der Waals surface area contributed by atoms with Crippen molar-refractivity contribution in [1.29, 1.82) is 0 Å². The normalized spacial score (nSPS) is 18.9. The summed E-state index contributed by atoms with van der Waals surface area (Å²) in [6, 6.07) is 5.39. The van der Waals surface area contributed by atoms with Crippen molar-refractivity contribution in [3.63, 3.8) is 0 Å². The van der Waals surface area contributed by atoms with E-state index in [0.717, 1.165) is 18.7 Å². The van der Waals surface area contributed by atoms with Gasteiger partial charge in [0, 0.05) is 12.6 Å². The maximum Gasteiger partial charge on any atom is 0.137 e. The Hall–Kier alpha value is -0.450. The third-order valence-corrected chi connectivity index (χ3v) is 3.74. The zero-order chi connectivity index (χ0) is 11.5. The first-order valence-corrected chi connectivity index (χ1v) is 6.40. The van der Waals surface area contributed by atoms with Gasteiger partial charge in [0.25, 0.3) is 0 Å². The molecule has 0 saturated carbocycles. The minimum absolute atomic E-state index is 0.221. The Morgan fingerprint density at radius 1 is 1.38 bits per heavy atom. The molecule has 1 atom stereocenters. The van der Waals surface area contributed by atoms with Gasteiger partial charge in [0.1, 0.15) is 5.82 Å². The first kappa shape index (κ1) is 12.0. The molecule has 1 aromatic carbocycles. The number of hydrogen-bond acceptors (Lipinski definition) is 2. The van der Waals surface area contributed by atoms with E-state index in [1.54, 1.807) is 0 Å². The van der Waals surface area contributed by atoms with Crippen LogP contribution in [-0.2, 0) is 0 Å². The predicted octanol–water partition coefficient (Wildman–Crippen LogP) is 2.68. The summed E-state index contributed by atoms with van der Waals surface area (Å²) in [5, 5.41) is 0. The minimum atomic E-state index is -0.221. The van der Waals surface area contributed by atoms with Gasteiger partial charge in [-0.3, -0.25) is 4.90 Å². The van der Waals surface area contributed by atoms with Crippen molar-refractivity contribution in [3.8, 4) is 0 Å². The van der Waals surface area contributed by atoms with Gasteiger partial charge < -0.3 is 5.73 Å². The quantitative estimate of drug-likeness (QED) is 0.926. The third-order valence-electron chi connectivity index (χ3n) is 3.13. The van der Waals surface area contributed by atoms with Crippen molar-refractivity contribution in [2.45, 2.75) is 18.9 Å². The summed E-state index contributed by atoms with van der Waals surface area (Å²) < 4.78 is 13.7. The lowest BCUT2D eigenvalue weighted by atomic mass is 10.1. The summed E-state index contributed by atoms with van der Waals surface area (Å²) in [6.45, 7) is 2.77. The van der Waals surface area contributed by atoms with E-state index in [1.165, 1.54) is 18.9 Å². The van der Waals surface area contributed by atoms with E-state index in [9.17, 15) is 4.39 Å². The highest BCUT2D eigenvalue weighted by molar-refractivity contribution is 9.10. The topological polar surface area (TPSA) is 29.3 Å². The molecule has 16 heavy (non-hydrogen) atoms. The largest absolute Gasteiger partial charge is 0.329 e. The summed E-state index contributed by atoms with van der Waals surface area (Å²) in [5.41, 5.74) is 6.92. The van der Waals surface area contributed by atoms with E-state index >= 15 is 0 Å². The minimum Gasteiger partial charge on any atom is -0.329 e. The van der Waals surface area contributed by atoms with Crippen LogP contribution in [0.3, 0.4) is 0 Å². The van der Waals surface area contributed by atoms with Crippen LogP contribution in [-0.4, -0.2) is 24.5 Å². The number of rotatable bonds is 3. The molecule has 1 aliphatic rings. The summed E-state index contributed by atoms with van der Waals surface area (Å²) >= 11 is 3.22. The molecule has 1 aromatic rings. The molecule has 1 aliphatic heterocycles. The second-order valence-corrected chi connectivity index (χ2v) is 5.02. The van der Waals surface area contributed by atoms with Gasteiger partial charge in [-0.25, -0.2) is 4.39 Å². The molecule has 1 heterocycles. The standard InChI is InChI=1S/C12H16BrFN2/c13-10-7-9(3-4-11(10)14)12(8-15)16-5-1-2-6-16/h3-4,7,12H,1-2,5-6,8,15H2.